The Bertz CT molecular complexity index is 1270. The molecule has 0 aliphatic carbocycles. The number of nitrogens with zero attached hydrogens (tertiary/aromatic N) is 2. The largest absolute Gasteiger partial charge is 0.489 e. The molecule has 3 aliphatic heterocycles. The second kappa shape index (κ2) is 10.7. The number of hydrogen-bond acceptors (Lipinski definition) is 6. The van der Waals surface area contributed by atoms with Crippen molar-refractivity contribution in [1.29, 1.82) is 0 Å². The maximum atomic E-state index is 13.0. The van der Waals surface area contributed by atoms with E-state index in [0.717, 1.165) is 24.0 Å². The molecule has 3 heterocycles. The number of imide groups is 1. The minimum atomic E-state index is -0.654. The van der Waals surface area contributed by atoms with Gasteiger partial charge in [-0.25, -0.2) is 4.79 Å². The average Bonchev–Trinajstić information content (AvgIpc) is 3.23. The Balaban J connectivity index is 1.17. The highest BCUT2D eigenvalue weighted by Gasteiger charge is 2.40. The van der Waals surface area contributed by atoms with Gasteiger partial charge in [0.15, 0.2) is 0 Å². The number of carbonyl (C=O) groups excluding carboxylic acids is 4. The van der Waals surface area contributed by atoms with Crippen molar-refractivity contribution in [1.82, 2.24) is 15.1 Å². The molecule has 2 aromatic carbocycles. The molecule has 2 saturated heterocycles. The molecule has 0 spiro atoms. The van der Waals surface area contributed by atoms with E-state index in [9.17, 15) is 19.2 Å². The number of benzene rings is 2. The van der Waals surface area contributed by atoms with E-state index in [-0.39, 0.29) is 30.9 Å². The molecule has 0 aromatic heterocycles. The van der Waals surface area contributed by atoms with Crippen LogP contribution in [0.15, 0.2) is 42.5 Å². The van der Waals surface area contributed by atoms with Crippen LogP contribution >= 0.6 is 0 Å². The van der Waals surface area contributed by atoms with E-state index in [1.165, 1.54) is 10.5 Å². The molecular formula is C30H35N3O6. The molecular weight excluding hydrogens is 498 g/mol. The number of rotatable bonds is 5. The summed E-state index contributed by atoms with van der Waals surface area (Å²) in [4.78, 5) is 52.6. The number of ether oxygens (including phenoxy) is 2. The molecule has 0 saturated carbocycles. The zero-order chi connectivity index (χ0) is 27.7. The molecule has 5 rings (SSSR count). The third-order valence-corrected chi connectivity index (χ3v) is 7.53. The van der Waals surface area contributed by atoms with E-state index in [4.69, 9.17) is 9.47 Å². The first kappa shape index (κ1) is 26.7. The quantitative estimate of drug-likeness (QED) is 0.579. The fourth-order valence-corrected chi connectivity index (χ4v) is 5.46. The van der Waals surface area contributed by atoms with Gasteiger partial charge in [-0.2, -0.15) is 0 Å². The number of nitrogens with one attached hydrogen (secondary N) is 1. The Morgan fingerprint density at radius 2 is 1.72 bits per heavy atom. The van der Waals surface area contributed by atoms with Crippen molar-refractivity contribution in [3.05, 3.63) is 64.7 Å². The normalized spacial score (nSPS) is 20.1. The van der Waals surface area contributed by atoms with Crippen molar-refractivity contribution in [2.45, 2.75) is 77.2 Å². The third-order valence-electron chi connectivity index (χ3n) is 7.53. The summed E-state index contributed by atoms with van der Waals surface area (Å²) in [7, 11) is 0. The summed E-state index contributed by atoms with van der Waals surface area (Å²) in [5, 5.41) is 2.33. The predicted molar refractivity (Wildman–Crippen MR) is 143 cm³/mol. The molecule has 1 N–H and O–H groups in total. The minimum absolute atomic E-state index is 0.216. The lowest BCUT2D eigenvalue weighted by atomic mass is 9.89. The first-order valence-electron chi connectivity index (χ1n) is 13.5. The summed E-state index contributed by atoms with van der Waals surface area (Å²) in [6, 6.07) is 13.1. The van der Waals surface area contributed by atoms with Crippen LogP contribution < -0.4 is 10.1 Å². The van der Waals surface area contributed by atoms with Crippen LogP contribution in [-0.2, 0) is 27.5 Å². The van der Waals surface area contributed by atoms with Crippen LogP contribution in [0.2, 0.25) is 0 Å². The van der Waals surface area contributed by atoms with Gasteiger partial charge in [-0.1, -0.05) is 30.3 Å². The lowest BCUT2D eigenvalue weighted by Gasteiger charge is -2.33. The molecule has 1 unspecified atom stereocenters. The molecule has 2 fully saturated rings. The van der Waals surface area contributed by atoms with Gasteiger partial charge in [-0.3, -0.25) is 19.7 Å². The Kier molecular flexibility index (Phi) is 7.34. The van der Waals surface area contributed by atoms with Crippen molar-refractivity contribution in [2.24, 2.45) is 0 Å². The maximum Gasteiger partial charge on any atom is 0.410 e. The molecule has 3 aliphatic rings. The standard InChI is InChI=1S/C30H35N3O6/c1-30(2,3)39-29(37)32-15-13-21(14-16-32)20-9-7-19(8-10-20)18-38-25-6-4-5-22-23(25)17-33(28(22)36)24-11-12-26(34)31-27(24)35/h4-10,21,24H,11-18H2,1-3H3,(H,31,34,35). The van der Waals surface area contributed by atoms with E-state index in [0.29, 0.717) is 43.3 Å². The lowest BCUT2D eigenvalue weighted by Crippen LogP contribution is -2.52. The van der Waals surface area contributed by atoms with Gasteiger partial charge in [-0.05, 0) is 69.2 Å². The highest BCUT2D eigenvalue weighted by atomic mass is 16.6. The van der Waals surface area contributed by atoms with Crippen molar-refractivity contribution in [3.63, 3.8) is 0 Å². The number of amides is 4. The Morgan fingerprint density at radius 1 is 1.00 bits per heavy atom. The van der Waals surface area contributed by atoms with Gasteiger partial charge < -0.3 is 19.3 Å². The van der Waals surface area contributed by atoms with Gasteiger partial charge in [0.05, 0.1) is 6.54 Å². The van der Waals surface area contributed by atoms with Gasteiger partial charge >= 0.3 is 6.09 Å². The van der Waals surface area contributed by atoms with E-state index >= 15 is 0 Å². The van der Waals surface area contributed by atoms with Crippen molar-refractivity contribution in [3.8, 4) is 5.75 Å². The van der Waals surface area contributed by atoms with Crippen LogP contribution in [0, 0.1) is 0 Å². The molecule has 9 heteroatoms. The van der Waals surface area contributed by atoms with Crippen LogP contribution in [0.4, 0.5) is 4.79 Å². The van der Waals surface area contributed by atoms with Crippen LogP contribution in [0.25, 0.3) is 0 Å². The molecule has 206 valence electrons. The van der Waals surface area contributed by atoms with Gasteiger partial charge in [0.25, 0.3) is 5.91 Å². The second-order valence-corrected chi connectivity index (χ2v) is 11.5. The first-order valence-corrected chi connectivity index (χ1v) is 13.5. The summed E-state index contributed by atoms with van der Waals surface area (Å²) in [5.74, 6) is 0.0637. The number of piperidine rings is 2. The fraction of sp³-hybridized carbons (Fsp3) is 0.467. The summed E-state index contributed by atoms with van der Waals surface area (Å²) >= 11 is 0. The summed E-state index contributed by atoms with van der Waals surface area (Å²) in [6.07, 6.45) is 2.08. The summed E-state index contributed by atoms with van der Waals surface area (Å²) in [6.45, 7) is 7.62. The highest BCUT2D eigenvalue weighted by molar-refractivity contribution is 6.05. The third kappa shape index (κ3) is 5.92. The first-order chi connectivity index (χ1) is 18.6. The Morgan fingerprint density at radius 3 is 2.38 bits per heavy atom. The van der Waals surface area contributed by atoms with Crippen molar-refractivity contribution >= 4 is 23.8 Å². The monoisotopic (exact) mass is 533 g/mol. The number of likely N-dealkylation sites (tertiary alicyclic amines) is 1. The molecule has 9 nitrogen and oxygen atoms in total. The van der Waals surface area contributed by atoms with E-state index in [1.807, 2.05) is 26.8 Å². The lowest BCUT2D eigenvalue weighted by molar-refractivity contribution is -0.136. The predicted octanol–water partition coefficient (Wildman–Crippen LogP) is 4.14. The van der Waals surface area contributed by atoms with Crippen LogP contribution in [0.3, 0.4) is 0 Å². The van der Waals surface area contributed by atoms with E-state index in [1.54, 1.807) is 17.0 Å². The second-order valence-electron chi connectivity index (χ2n) is 11.5. The molecule has 4 amide bonds. The van der Waals surface area contributed by atoms with Gasteiger partial charge in [-0.15, -0.1) is 0 Å². The molecule has 0 bridgehead atoms. The topological polar surface area (TPSA) is 105 Å². The van der Waals surface area contributed by atoms with Crippen LogP contribution in [0.5, 0.6) is 5.75 Å². The molecule has 1 atom stereocenters. The molecule has 0 radical (unpaired) electrons. The molecule has 2 aromatic rings. The summed E-state index contributed by atoms with van der Waals surface area (Å²) < 4.78 is 11.6. The van der Waals surface area contributed by atoms with Crippen molar-refractivity contribution < 1.29 is 28.7 Å². The fourth-order valence-electron chi connectivity index (χ4n) is 5.46. The molecule has 39 heavy (non-hydrogen) atoms. The Hall–Kier alpha value is -3.88. The number of hydrogen-bond donors (Lipinski definition) is 1. The number of carbonyl (C=O) groups is 4. The number of fused-ring (bicyclic) bond motifs is 1. The van der Waals surface area contributed by atoms with E-state index in [2.05, 4.69) is 29.6 Å². The summed E-state index contributed by atoms with van der Waals surface area (Å²) in [5.41, 5.74) is 3.06. The smallest absolute Gasteiger partial charge is 0.410 e. The van der Waals surface area contributed by atoms with Crippen molar-refractivity contribution in [2.75, 3.05) is 13.1 Å². The Labute approximate surface area is 228 Å². The van der Waals surface area contributed by atoms with Crippen LogP contribution in [-0.4, -0.2) is 58.3 Å². The highest BCUT2D eigenvalue weighted by Crippen LogP contribution is 2.34. The SMILES string of the molecule is CC(C)(C)OC(=O)N1CCC(c2ccc(COc3cccc4c3CN(C3CCC(=O)NC3=O)C4=O)cc2)CC1. The minimum Gasteiger partial charge on any atom is -0.489 e. The zero-order valence-electron chi connectivity index (χ0n) is 22.7. The van der Waals surface area contributed by atoms with Crippen LogP contribution in [0.1, 0.15) is 79.4 Å². The van der Waals surface area contributed by atoms with Gasteiger partial charge in [0.2, 0.25) is 11.8 Å². The maximum absolute atomic E-state index is 13.0. The van der Waals surface area contributed by atoms with Gasteiger partial charge in [0, 0.05) is 30.6 Å². The van der Waals surface area contributed by atoms with E-state index < -0.39 is 17.6 Å². The average molecular weight is 534 g/mol. The van der Waals surface area contributed by atoms with Gasteiger partial charge in [0.1, 0.15) is 24.0 Å². The zero-order valence-corrected chi connectivity index (χ0v) is 22.7.